The molecule has 0 spiro atoms. The summed E-state index contributed by atoms with van der Waals surface area (Å²) in [5.41, 5.74) is 0.997. The Morgan fingerprint density at radius 1 is 0.964 bits per heavy atom. The topological polar surface area (TPSA) is 59.8 Å². The smallest absolute Gasteiger partial charge is 0.370 e. The highest BCUT2D eigenvalue weighted by atomic mass is 32.2. The van der Waals surface area contributed by atoms with Crippen molar-refractivity contribution in [3.05, 3.63) is 65.2 Å². The molecule has 2 aromatic carbocycles. The van der Waals surface area contributed by atoms with Crippen molar-refractivity contribution in [2.75, 3.05) is 26.3 Å². The van der Waals surface area contributed by atoms with Gasteiger partial charge in [0, 0.05) is 12.1 Å². The van der Waals surface area contributed by atoms with Crippen molar-refractivity contribution >= 4 is 10.0 Å². The van der Waals surface area contributed by atoms with E-state index in [2.05, 4.69) is 4.72 Å². The van der Waals surface area contributed by atoms with Gasteiger partial charge in [-0.25, -0.2) is 13.1 Å². The lowest BCUT2D eigenvalue weighted by Crippen LogP contribution is -3.12. The highest BCUT2D eigenvalue weighted by Crippen LogP contribution is 2.29. The fraction of sp³-hybridized carbons (Fsp3) is 0.368. The number of hydrogen-bond donors (Lipinski definition) is 2. The van der Waals surface area contributed by atoms with Crippen LogP contribution in [0.15, 0.2) is 53.4 Å². The van der Waals surface area contributed by atoms with Gasteiger partial charge in [0.15, 0.2) is 0 Å². The number of alkyl halides is 3. The van der Waals surface area contributed by atoms with Crippen LogP contribution >= 0.6 is 0 Å². The molecule has 9 heteroatoms. The molecule has 5 nitrogen and oxygen atoms in total. The predicted octanol–water partition coefficient (Wildman–Crippen LogP) is 1.60. The molecule has 28 heavy (non-hydrogen) atoms. The van der Waals surface area contributed by atoms with Crippen LogP contribution < -0.4 is 9.62 Å². The van der Waals surface area contributed by atoms with E-state index in [0.29, 0.717) is 13.2 Å². The number of rotatable bonds is 6. The van der Waals surface area contributed by atoms with Crippen LogP contribution in [0.4, 0.5) is 13.2 Å². The van der Waals surface area contributed by atoms with Gasteiger partial charge in [0.25, 0.3) is 0 Å². The Bertz CT molecular complexity index is 893. The highest BCUT2D eigenvalue weighted by molar-refractivity contribution is 7.89. The van der Waals surface area contributed by atoms with Crippen molar-refractivity contribution in [1.82, 2.24) is 4.72 Å². The molecule has 2 aromatic rings. The number of morpholine rings is 1. The standard InChI is InChI=1S/C19H21F3N2O3S/c20-19(21,22)17-5-7-18(8-6-17)28(25,26)23-13-15-3-1-2-4-16(15)14-24-9-11-27-12-10-24/h1-8,23H,9-14H2/p+1. The molecule has 2 N–H and O–H groups in total. The second-order valence-electron chi connectivity index (χ2n) is 6.65. The van der Waals surface area contributed by atoms with Gasteiger partial charge < -0.3 is 9.64 Å². The molecule has 152 valence electrons. The molecular formula is C19H22F3N2O3S+. The van der Waals surface area contributed by atoms with E-state index < -0.39 is 21.8 Å². The zero-order valence-corrected chi connectivity index (χ0v) is 15.9. The minimum atomic E-state index is -4.50. The van der Waals surface area contributed by atoms with Gasteiger partial charge in [-0.15, -0.1) is 0 Å². The highest BCUT2D eigenvalue weighted by Gasteiger charge is 2.30. The van der Waals surface area contributed by atoms with E-state index in [9.17, 15) is 21.6 Å². The number of ether oxygens (including phenoxy) is 1. The molecule has 0 radical (unpaired) electrons. The van der Waals surface area contributed by atoms with Crippen LogP contribution in [-0.4, -0.2) is 34.7 Å². The van der Waals surface area contributed by atoms with Gasteiger partial charge in [-0.2, -0.15) is 13.2 Å². The summed E-state index contributed by atoms with van der Waals surface area (Å²) >= 11 is 0. The third-order valence-corrected chi connectivity index (χ3v) is 6.12. The van der Waals surface area contributed by atoms with Crippen LogP contribution in [0, 0.1) is 0 Å². The molecule has 1 saturated heterocycles. The second-order valence-corrected chi connectivity index (χ2v) is 8.42. The first kappa shape index (κ1) is 20.8. The van der Waals surface area contributed by atoms with Gasteiger partial charge in [-0.1, -0.05) is 24.3 Å². The van der Waals surface area contributed by atoms with E-state index in [1.165, 1.54) is 4.90 Å². The van der Waals surface area contributed by atoms with Gasteiger partial charge in [-0.05, 0) is 29.8 Å². The number of sulfonamides is 1. The van der Waals surface area contributed by atoms with E-state index in [1.807, 2.05) is 24.3 Å². The Morgan fingerprint density at radius 2 is 1.57 bits per heavy atom. The zero-order chi connectivity index (χ0) is 20.2. The van der Waals surface area contributed by atoms with Gasteiger partial charge in [0.05, 0.1) is 23.7 Å². The molecule has 0 aromatic heterocycles. The van der Waals surface area contributed by atoms with Gasteiger partial charge in [0.2, 0.25) is 10.0 Å². The molecule has 1 aliphatic rings. The van der Waals surface area contributed by atoms with Crippen LogP contribution in [0.25, 0.3) is 0 Å². The molecule has 0 aliphatic carbocycles. The summed E-state index contributed by atoms with van der Waals surface area (Å²) in [6.45, 7) is 4.04. The van der Waals surface area contributed by atoms with Crippen LogP contribution in [0.1, 0.15) is 16.7 Å². The summed E-state index contributed by atoms with van der Waals surface area (Å²) in [5, 5.41) is 0. The summed E-state index contributed by atoms with van der Waals surface area (Å²) in [6, 6.07) is 11.0. The van der Waals surface area contributed by atoms with Crippen LogP contribution in [0.2, 0.25) is 0 Å². The first-order valence-electron chi connectivity index (χ1n) is 8.91. The van der Waals surface area contributed by atoms with Crippen molar-refractivity contribution in [3.8, 4) is 0 Å². The Balaban J connectivity index is 1.69. The Morgan fingerprint density at radius 3 is 2.18 bits per heavy atom. The molecule has 0 unspecified atom stereocenters. The second kappa shape index (κ2) is 8.60. The third-order valence-electron chi connectivity index (χ3n) is 4.70. The van der Waals surface area contributed by atoms with E-state index in [1.54, 1.807) is 0 Å². The SMILES string of the molecule is O=S(=O)(NCc1ccccc1C[NH+]1CCOCC1)c1ccc(C(F)(F)F)cc1. The maximum Gasteiger partial charge on any atom is 0.416 e. The van der Waals surface area contributed by atoms with Gasteiger partial charge >= 0.3 is 6.18 Å². The maximum atomic E-state index is 12.6. The predicted molar refractivity (Wildman–Crippen MR) is 97.1 cm³/mol. The van der Waals surface area contributed by atoms with Crippen molar-refractivity contribution in [2.24, 2.45) is 0 Å². The van der Waals surface area contributed by atoms with E-state index in [-0.39, 0.29) is 11.4 Å². The number of nitrogens with one attached hydrogen (secondary N) is 2. The monoisotopic (exact) mass is 415 g/mol. The zero-order valence-electron chi connectivity index (χ0n) is 15.1. The quantitative estimate of drug-likeness (QED) is 0.754. The fourth-order valence-corrected chi connectivity index (χ4v) is 4.09. The average molecular weight is 415 g/mol. The van der Waals surface area contributed by atoms with Crippen LogP contribution in [-0.2, 0) is 34.0 Å². The van der Waals surface area contributed by atoms with Gasteiger partial charge in [-0.3, -0.25) is 0 Å². The van der Waals surface area contributed by atoms with Crippen molar-refractivity contribution in [1.29, 1.82) is 0 Å². The first-order chi connectivity index (χ1) is 13.3. The molecule has 3 rings (SSSR count). The summed E-state index contributed by atoms with van der Waals surface area (Å²) < 4.78 is 70.7. The molecule has 0 atom stereocenters. The van der Waals surface area contributed by atoms with E-state index >= 15 is 0 Å². The molecule has 1 aliphatic heterocycles. The Kier molecular flexibility index (Phi) is 6.39. The molecule has 1 heterocycles. The Labute approximate surface area is 162 Å². The van der Waals surface area contributed by atoms with Gasteiger partial charge in [0.1, 0.15) is 19.6 Å². The number of quaternary nitrogens is 1. The number of benzene rings is 2. The molecule has 1 fully saturated rings. The summed E-state index contributed by atoms with van der Waals surface area (Å²) in [4.78, 5) is 1.17. The van der Waals surface area contributed by atoms with E-state index in [4.69, 9.17) is 4.74 Å². The van der Waals surface area contributed by atoms with Crippen molar-refractivity contribution in [3.63, 3.8) is 0 Å². The summed E-state index contributed by atoms with van der Waals surface area (Å²) in [7, 11) is -3.91. The van der Waals surface area contributed by atoms with Crippen molar-refractivity contribution < 1.29 is 31.2 Å². The van der Waals surface area contributed by atoms with Crippen LogP contribution in [0.3, 0.4) is 0 Å². The molecule has 0 saturated carbocycles. The normalized spacial score (nSPS) is 16.2. The Hall–Kier alpha value is -1.94. The summed E-state index contributed by atoms with van der Waals surface area (Å²) in [5.74, 6) is 0. The lowest BCUT2D eigenvalue weighted by molar-refractivity contribution is -0.921. The molecule has 0 bridgehead atoms. The first-order valence-corrected chi connectivity index (χ1v) is 10.4. The lowest BCUT2D eigenvalue weighted by atomic mass is 10.1. The van der Waals surface area contributed by atoms with Crippen molar-refractivity contribution in [2.45, 2.75) is 24.2 Å². The largest absolute Gasteiger partial charge is 0.416 e. The minimum absolute atomic E-state index is 0.0727. The molecular weight excluding hydrogens is 393 g/mol. The third kappa shape index (κ3) is 5.32. The maximum absolute atomic E-state index is 12.6. The number of halogens is 3. The minimum Gasteiger partial charge on any atom is -0.370 e. The summed E-state index contributed by atoms with van der Waals surface area (Å²) in [6.07, 6.45) is -4.50. The fourth-order valence-electron chi connectivity index (χ4n) is 3.09. The lowest BCUT2D eigenvalue weighted by Gasteiger charge is -2.24. The van der Waals surface area contributed by atoms with Crippen LogP contribution in [0.5, 0.6) is 0 Å². The molecule has 0 amide bonds. The number of hydrogen-bond acceptors (Lipinski definition) is 3. The van der Waals surface area contributed by atoms with E-state index in [0.717, 1.165) is 55.0 Å². The average Bonchev–Trinajstić information content (AvgIpc) is 2.68.